The summed E-state index contributed by atoms with van der Waals surface area (Å²) in [6.45, 7) is 7.39. The summed E-state index contributed by atoms with van der Waals surface area (Å²) in [6.07, 6.45) is 0. The Hall–Kier alpha value is -2.93. The zero-order chi connectivity index (χ0) is 24.4. The minimum absolute atomic E-state index is 0.134. The smallest absolute Gasteiger partial charge is 0.310 e. The van der Waals surface area contributed by atoms with Crippen molar-refractivity contribution in [3.63, 3.8) is 0 Å². The molecule has 6 heteroatoms. The predicted molar refractivity (Wildman–Crippen MR) is 148 cm³/mol. The highest BCUT2D eigenvalue weighted by Gasteiger charge is 2.36. The number of aliphatic hydroxyl groups is 1. The molecule has 1 atom stereocenters. The van der Waals surface area contributed by atoms with Crippen molar-refractivity contribution in [3.05, 3.63) is 78.4 Å². The van der Waals surface area contributed by atoms with E-state index in [1.165, 1.54) is 26.9 Å². The van der Waals surface area contributed by atoms with Crippen LogP contribution < -0.4 is 10.8 Å². The van der Waals surface area contributed by atoms with Gasteiger partial charge < -0.3 is 19.5 Å². The summed E-state index contributed by atoms with van der Waals surface area (Å²) >= 11 is 1.84. The van der Waals surface area contributed by atoms with Crippen LogP contribution in [0.1, 0.15) is 38.6 Å². The van der Waals surface area contributed by atoms with Gasteiger partial charge in [-0.15, -0.1) is 0 Å². The summed E-state index contributed by atoms with van der Waals surface area (Å²) < 4.78 is 12.5. The molecule has 0 aliphatic carbocycles. The van der Waals surface area contributed by atoms with Gasteiger partial charge in [-0.2, -0.15) is 0 Å². The van der Waals surface area contributed by atoms with Crippen molar-refractivity contribution in [1.82, 2.24) is 0 Å². The van der Waals surface area contributed by atoms with Gasteiger partial charge in [0.2, 0.25) is 0 Å². The van der Waals surface area contributed by atoms with Crippen LogP contribution in [0.25, 0.3) is 32.7 Å². The normalized spacial score (nSPS) is 16.1. The third-order valence-electron chi connectivity index (χ3n) is 7.35. The number of furan rings is 1. The number of nitrogens with one attached hydrogen (secondary N) is 1. The Morgan fingerprint density at radius 1 is 0.914 bits per heavy atom. The first-order valence-corrected chi connectivity index (χ1v) is 12.8. The maximum absolute atomic E-state index is 10.5. The second-order valence-corrected chi connectivity index (χ2v) is 11.5. The first-order valence-electron chi connectivity index (χ1n) is 12.0. The van der Waals surface area contributed by atoms with Crippen molar-refractivity contribution >= 4 is 63.1 Å². The Bertz CT molecular complexity index is 1540. The van der Waals surface area contributed by atoms with Crippen LogP contribution in [0.2, 0.25) is 0 Å². The molecule has 0 amide bonds. The largest absolute Gasteiger partial charge is 0.456 e. The van der Waals surface area contributed by atoms with Gasteiger partial charge in [0.15, 0.2) is 0 Å². The van der Waals surface area contributed by atoms with Crippen molar-refractivity contribution in [2.45, 2.75) is 49.2 Å². The number of hydrogen-bond donors (Lipinski definition) is 2. The molecule has 0 spiro atoms. The monoisotopic (exact) mass is 481 g/mol. The summed E-state index contributed by atoms with van der Waals surface area (Å²) in [5.74, 6) is 0. The maximum Gasteiger partial charge on any atom is 0.310 e. The molecule has 35 heavy (non-hydrogen) atoms. The molecule has 4 aromatic carbocycles. The molecule has 4 nitrogen and oxygen atoms in total. The maximum atomic E-state index is 10.5. The van der Waals surface area contributed by atoms with Gasteiger partial charge in [-0.05, 0) is 73.8 Å². The van der Waals surface area contributed by atoms with E-state index in [-0.39, 0.29) is 5.37 Å². The van der Waals surface area contributed by atoms with Gasteiger partial charge in [0.1, 0.15) is 16.5 Å². The molecule has 1 aliphatic rings. The molecule has 176 valence electrons. The molecule has 0 radical (unpaired) electrons. The van der Waals surface area contributed by atoms with Crippen LogP contribution in [0.5, 0.6) is 0 Å². The van der Waals surface area contributed by atoms with Gasteiger partial charge in [-0.1, -0.05) is 60.3 Å². The summed E-state index contributed by atoms with van der Waals surface area (Å²) in [5, 5.41) is 18.9. The topological polar surface area (TPSA) is 54.6 Å². The van der Waals surface area contributed by atoms with Gasteiger partial charge in [0.25, 0.3) is 0 Å². The minimum Gasteiger partial charge on any atom is -0.456 e. The van der Waals surface area contributed by atoms with Crippen LogP contribution in [0.3, 0.4) is 0 Å². The van der Waals surface area contributed by atoms with Gasteiger partial charge in [0.05, 0.1) is 11.2 Å². The van der Waals surface area contributed by atoms with Crippen molar-refractivity contribution in [3.8, 4) is 0 Å². The van der Waals surface area contributed by atoms with Crippen molar-refractivity contribution in [2.75, 3.05) is 5.32 Å². The molecule has 0 fully saturated rings. The fourth-order valence-electron chi connectivity index (χ4n) is 4.51. The van der Waals surface area contributed by atoms with Gasteiger partial charge in [-0.3, -0.25) is 0 Å². The quantitative estimate of drug-likeness (QED) is 0.281. The lowest BCUT2D eigenvalue weighted by atomic mass is 9.80. The zero-order valence-electron chi connectivity index (χ0n) is 20.4. The molecular formula is C29H28BNO3S. The molecule has 1 unspecified atom stereocenters. The minimum atomic E-state index is -0.955. The van der Waals surface area contributed by atoms with E-state index in [2.05, 4.69) is 66.0 Å². The lowest BCUT2D eigenvalue weighted by Gasteiger charge is -2.37. The Kier molecular flexibility index (Phi) is 5.19. The standard InChI is InChI=1S/C29H28BNO3S/c1-28(2,32)29(3,4)34-30-21-10-7-11-23-26(21)20-13-12-19(15-24(20)33-23)27-31-22-14-17-8-5-6-9-18(17)16-25(22)35-27/h5-16,27,30-32H,1-4H3. The highest BCUT2D eigenvalue weighted by Crippen LogP contribution is 2.48. The second kappa shape index (κ2) is 8.05. The highest BCUT2D eigenvalue weighted by atomic mass is 32.2. The third-order valence-corrected chi connectivity index (χ3v) is 8.57. The zero-order valence-corrected chi connectivity index (χ0v) is 21.2. The predicted octanol–water partition coefficient (Wildman–Crippen LogP) is 6.50. The van der Waals surface area contributed by atoms with E-state index < -0.39 is 11.2 Å². The average molecular weight is 481 g/mol. The number of hydrogen-bond acceptors (Lipinski definition) is 5. The number of rotatable bonds is 5. The van der Waals surface area contributed by atoms with E-state index in [4.69, 9.17) is 9.07 Å². The summed E-state index contributed by atoms with van der Waals surface area (Å²) in [6, 6.07) is 25.5. The van der Waals surface area contributed by atoms with E-state index in [0.717, 1.165) is 27.4 Å². The number of fused-ring (bicyclic) bond motifs is 5. The molecule has 0 saturated heterocycles. The van der Waals surface area contributed by atoms with Gasteiger partial charge in [0, 0.05) is 21.4 Å². The lowest BCUT2D eigenvalue weighted by molar-refractivity contribution is -0.0893. The Morgan fingerprint density at radius 3 is 2.46 bits per heavy atom. The molecule has 1 aliphatic heterocycles. The molecule has 0 bridgehead atoms. The molecule has 0 saturated carbocycles. The number of anilines is 1. The second-order valence-electron chi connectivity index (χ2n) is 10.3. The first kappa shape index (κ1) is 22.5. The SMILES string of the molecule is CC(C)(O)C(C)(C)OBc1cccc2oc3cc(C4Nc5cc6ccccc6cc5S4)ccc3c12. The van der Waals surface area contributed by atoms with Crippen LogP contribution >= 0.6 is 11.8 Å². The fourth-order valence-corrected chi connectivity index (χ4v) is 5.67. The van der Waals surface area contributed by atoms with Crippen molar-refractivity contribution in [2.24, 2.45) is 0 Å². The van der Waals surface area contributed by atoms with E-state index in [1.54, 1.807) is 13.8 Å². The molecule has 6 rings (SSSR count). The van der Waals surface area contributed by atoms with Crippen LogP contribution in [0.4, 0.5) is 5.69 Å². The summed E-state index contributed by atoms with van der Waals surface area (Å²) in [7, 11) is 0.396. The Morgan fingerprint density at radius 2 is 1.69 bits per heavy atom. The van der Waals surface area contributed by atoms with Gasteiger partial charge in [-0.25, -0.2) is 0 Å². The summed E-state index contributed by atoms with van der Waals surface area (Å²) in [4.78, 5) is 1.27. The van der Waals surface area contributed by atoms with Crippen LogP contribution in [-0.2, 0) is 4.65 Å². The molecule has 2 N–H and O–H groups in total. The first-order chi connectivity index (χ1) is 16.7. The van der Waals surface area contributed by atoms with Crippen LogP contribution in [0, 0.1) is 0 Å². The lowest BCUT2D eigenvalue weighted by Crippen LogP contribution is -2.49. The molecule has 2 heterocycles. The van der Waals surface area contributed by atoms with E-state index in [0.29, 0.717) is 7.48 Å². The molecule has 5 aromatic rings. The van der Waals surface area contributed by atoms with Crippen LogP contribution in [-0.4, -0.2) is 23.8 Å². The average Bonchev–Trinajstić information content (AvgIpc) is 3.41. The molecule has 1 aromatic heterocycles. The fraction of sp³-hybridized carbons (Fsp3) is 0.241. The Balaban J connectivity index is 1.32. The van der Waals surface area contributed by atoms with Crippen LogP contribution in [0.15, 0.2) is 82.1 Å². The summed E-state index contributed by atoms with van der Waals surface area (Å²) in [5.41, 5.74) is 3.49. The van der Waals surface area contributed by atoms with E-state index >= 15 is 0 Å². The Labute approximate surface area is 209 Å². The van der Waals surface area contributed by atoms with Crippen molar-refractivity contribution < 1.29 is 14.2 Å². The number of thioether (sulfide) groups is 1. The van der Waals surface area contributed by atoms with Crippen molar-refractivity contribution in [1.29, 1.82) is 0 Å². The highest BCUT2D eigenvalue weighted by molar-refractivity contribution is 8.00. The van der Waals surface area contributed by atoms with E-state index in [9.17, 15) is 5.11 Å². The number of benzene rings is 4. The van der Waals surface area contributed by atoms with E-state index in [1.807, 2.05) is 37.7 Å². The van der Waals surface area contributed by atoms with Gasteiger partial charge >= 0.3 is 7.48 Å². The third kappa shape index (κ3) is 3.90. The molecular weight excluding hydrogens is 453 g/mol.